The molecule has 0 aromatic heterocycles. The molecule has 0 N–H and O–H groups in total. The standard InChI is InChI=1S/C13H9Cl3/c1-8-2-4-9(5-3-8)10-6-12(15)13(16)7-11(10)14/h2-7H,1H3. The molecule has 0 fully saturated rings. The van der Waals surface area contributed by atoms with Crippen LogP contribution in [-0.4, -0.2) is 0 Å². The number of hydrogen-bond acceptors (Lipinski definition) is 0. The van der Waals surface area contributed by atoms with Gasteiger partial charge in [-0.15, -0.1) is 0 Å². The fourth-order valence-electron chi connectivity index (χ4n) is 1.48. The SMILES string of the molecule is Cc1ccc(-c2cc(Cl)c(Cl)cc2Cl)cc1. The Morgan fingerprint density at radius 2 is 1.31 bits per heavy atom. The molecule has 0 bridgehead atoms. The molecule has 0 aliphatic carbocycles. The van der Waals surface area contributed by atoms with E-state index in [9.17, 15) is 0 Å². The van der Waals surface area contributed by atoms with Crippen LogP contribution < -0.4 is 0 Å². The van der Waals surface area contributed by atoms with E-state index in [0.717, 1.165) is 11.1 Å². The molecule has 2 rings (SSSR count). The first kappa shape index (κ1) is 11.8. The zero-order valence-electron chi connectivity index (χ0n) is 8.60. The zero-order valence-corrected chi connectivity index (χ0v) is 10.9. The first-order valence-corrected chi connectivity index (χ1v) is 5.93. The fourth-order valence-corrected chi connectivity index (χ4v) is 2.13. The van der Waals surface area contributed by atoms with Gasteiger partial charge in [-0.25, -0.2) is 0 Å². The Balaban J connectivity index is 2.56. The van der Waals surface area contributed by atoms with Crippen LogP contribution in [0.5, 0.6) is 0 Å². The van der Waals surface area contributed by atoms with Gasteiger partial charge in [-0.3, -0.25) is 0 Å². The summed E-state index contributed by atoms with van der Waals surface area (Å²) in [6.07, 6.45) is 0. The Morgan fingerprint density at radius 1 is 0.750 bits per heavy atom. The topological polar surface area (TPSA) is 0 Å². The smallest absolute Gasteiger partial charge is 0.0607 e. The molecule has 0 atom stereocenters. The van der Waals surface area contributed by atoms with E-state index < -0.39 is 0 Å². The molecule has 0 amide bonds. The monoisotopic (exact) mass is 270 g/mol. The predicted octanol–water partition coefficient (Wildman–Crippen LogP) is 5.62. The number of halogens is 3. The Hall–Kier alpha value is -0.690. The third kappa shape index (κ3) is 2.35. The van der Waals surface area contributed by atoms with Crippen LogP contribution in [0.2, 0.25) is 15.1 Å². The van der Waals surface area contributed by atoms with Crippen LogP contribution in [0.3, 0.4) is 0 Å². The van der Waals surface area contributed by atoms with E-state index in [4.69, 9.17) is 34.8 Å². The van der Waals surface area contributed by atoms with Gasteiger partial charge in [0.2, 0.25) is 0 Å². The normalized spacial score (nSPS) is 10.5. The highest BCUT2D eigenvalue weighted by Gasteiger charge is 2.07. The average molecular weight is 272 g/mol. The largest absolute Gasteiger partial charge is 0.0836 e. The summed E-state index contributed by atoms with van der Waals surface area (Å²) < 4.78 is 0. The van der Waals surface area contributed by atoms with E-state index in [0.29, 0.717) is 15.1 Å². The molecular formula is C13H9Cl3. The molecule has 0 aliphatic heterocycles. The Kier molecular flexibility index (Phi) is 3.44. The molecule has 3 heteroatoms. The number of aryl methyl sites for hydroxylation is 1. The second-order valence-corrected chi connectivity index (χ2v) is 4.83. The van der Waals surface area contributed by atoms with Gasteiger partial charge in [0.25, 0.3) is 0 Å². The molecule has 0 spiro atoms. The van der Waals surface area contributed by atoms with Gasteiger partial charge in [-0.05, 0) is 24.6 Å². The summed E-state index contributed by atoms with van der Waals surface area (Å²) in [6.45, 7) is 2.04. The lowest BCUT2D eigenvalue weighted by Crippen LogP contribution is -1.81. The van der Waals surface area contributed by atoms with Crippen molar-refractivity contribution < 1.29 is 0 Å². The molecule has 0 saturated carbocycles. The van der Waals surface area contributed by atoms with E-state index in [1.54, 1.807) is 12.1 Å². The van der Waals surface area contributed by atoms with Crippen LogP contribution in [0, 0.1) is 6.92 Å². The Bertz CT molecular complexity index is 515. The minimum Gasteiger partial charge on any atom is -0.0836 e. The molecule has 2 aromatic carbocycles. The maximum atomic E-state index is 6.13. The fraction of sp³-hybridized carbons (Fsp3) is 0.0769. The van der Waals surface area contributed by atoms with Crippen molar-refractivity contribution in [2.24, 2.45) is 0 Å². The minimum atomic E-state index is 0.475. The molecule has 2 aromatic rings. The van der Waals surface area contributed by atoms with Crippen LogP contribution in [0.25, 0.3) is 11.1 Å². The number of hydrogen-bond donors (Lipinski definition) is 0. The van der Waals surface area contributed by atoms with Gasteiger partial charge in [-0.1, -0.05) is 64.6 Å². The van der Waals surface area contributed by atoms with Crippen LogP contribution >= 0.6 is 34.8 Å². The van der Waals surface area contributed by atoms with Crippen LogP contribution in [0.1, 0.15) is 5.56 Å². The maximum Gasteiger partial charge on any atom is 0.0607 e. The third-order valence-corrected chi connectivity index (χ3v) is 3.41. The molecule has 0 radical (unpaired) electrons. The van der Waals surface area contributed by atoms with Gasteiger partial charge in [0, 0.05) is 10.6 Å². The first-order valence-electron chi connectivity index (χ1n) is 4.79. The van der Waals surface area contributed by atoms with E-state index in [-0.39, 0.29) is 0 Å². The summed E-state index contributed by atoms with van der Waals surface area (Å²) in [4.78, 5) is 0. The van der Waals surface area contributed by atoms with E-state index in [1.165, 1.54) is 5.56 Å². The van der Waals surface area contributed by atoms with E-state index in [1.807, 2.05) is 31.2 Å². The summed E-state index contributed by atoms with van der Waals surface area (Å²) in [6, 6.07) is 11.6. The lowest BCUT2D eigenvalue weighted by Gasteiger charge is -2.07. The van der Waals surface area contributed by atoms with Crippen molar-refractivity contribution in [3.8, 4) is 11.1 Å². The van der Waals surface area contributed by atoms with Gasteiger partial charge in [0.15, 0.2) is 0 Å². The first-order chi connectivity index (χ1) is 7.58. The minimum absolute atomic E-state index is 0.475. The van der Waals surface area contributed by atoms with Crippen molar-refractivity contribution in [3.05, 3.63) is 57.0 Å². The predicted molar refractivity (Wildman–Crippen MR) is 71.6 cm³/mol. The quantitative estimate of drug-likeness (QED) is 0.590. The van der Waals surface area contributed by atoms with Crippen LogP contribution in [0.15, 0.2) is 36.4 Å². The summed E-state index contributed by atoms with van der Waals surface area (Å²) in [7, 11) is 0. The third-order valence-electron chi connectivity index (χ3n) is 2.37. The average Bonchev–Trinajstić information content (AvgIpc) is 2.25. The van der Waals surface area contributed by atoms with Crippen LogP contribution in [-0.2, 0) is 0 Å². The molecule has 0 nitrogen and oxygen atoms in total. The van der Waals surface area contributed by atoms with Crippen molar-refractivity contribution in [2.45, 2.75) is 6.92 Å². The van der Waals surface area contributed by atoms with E-state index in [2.05, 4.69) is 0 Å². The number of rotatable bonds is 1. The molecule has 0 heterocycles. The zero-order chi connectivity index (χ0) is 11.7. The Morgan fingerprint density at radius 3 is 1.94 bits per heavy atom. The summed E-state index contributed by atoms with van der Waals surface area (Å²) in [5.41, 5.74) is 3.14. The number of benzene rings is 2. The van der Waals surface area contributed by atoms with Crippen molar-refractivity contribution in [1.82, 2.24) is 0 Å². The van der Waals surface area contributed by atoms with Gasteiger partial charge >= 0.3 is 0 Å². The molecule has 0 saturated heterocycles. The lowest BCUT2D eigenvalue weighted by atomic mass is 10.0. The molecule has 16 heavy (non-hydrogen) atoms. The van der Waals surface area contributed by atoms with Gasteiger partial charge in [0.1, 0.15) is 0 Å². The van der Waals surface area contributed by atoms with Crippen LogP contribution in [0.4, 0.5) is 0 Å². The molecule has 82 valence electrons. The second-order valence-electron chi connectivity index (χ2n) is 3.61. The highest BCUT2D eigenvalue weighted by atomic mass is 35.5. The van der Waals surface area contributed by atoms with Gasteiger partial charge in [-0.2, -0.15) is 0 Å². The van der Waals surface area contributed by atoms with E-state index >= 15 is 0 Å². The van der Waals surface area contributed by atoms with Gasteiger partial charge in [0.05, 0.1) is 10.0 Å². The molecule has 0 aliphatic rings. The highest BCUT2D eigenvalue weighted by molar-refractivity contribution is 6.44. The summed E-state index contributed by atoms with van der Waals surface area (Å²) >= 11 is 18.0. The van der Waals surface area contributed by atoms with Crippen molar-refractivity contribution in [3.63, 3.8) is 0 Å². The second kappa shape index (κ2) is 4.67. The van der Waals surface area contributed by atoms with Gasteiger partial charge < -0.3 is 0 Å². The molecular weight excluding hydrogens is 263 g/mol. The maximum absolute atomic E-state index is 6.13. The van der Waals surface area contributed by atoms with Crippen molar-refractivity contribution in [2.75, 3.05) is 0 Å². The summed E-state index contributed by atoms with van der Waals surface area (Å²) in [5.74, 6) is 0. The van der Waals surface area contributed by atoms with Crippen molar-refractivity contribution in [1.29, 1.82) is 0 Å². The lowest BCUT2D eigenvalue weighted by molar-refractivity contribution is 1.47. The summed E-state index contributed by atoms with van der Waals surface area (Å²) in [5, 5.41) is 1.60. The Labute approximate surface area is 110 Å². The van der Waals surface area contributed by atoms with Crippen molar-refractivity contribution >= 4 is 34.8 Å². The highest BCUT2D eigenvalue weighted by Crippen LogP contribution is 2.35. The molecule has 0 unspecified atom stereocenters.